The van der Waals surface area contributed by atoms with Gasteiger partial charge in [0.1, 0.15) is 11.4 Å². The smallest absolute Gasteiger partial charge is 0.410 e. The van der Waals surface area contributed by atoms with Crippen molar-refractivity contribution in [2.45, 2.75) is 71.4 Å². The number of carbonyl (C=O) groups is 2. The van der Waals surface area contributed by atoms with Crippen molar-refractivity contribution in [3.8, 4) is 22.9 Å². The maximum absolute atomic E-state index is 12.7. The van der Waals surface area contributed by atoms with Crippen LogP contribution in [0, 0.1) is 12.8 Å². The number of amides is 2. The second kappa shape index (κ2) is 12.7. The maximum atomic E-state index is 12.7. The van der Waals surface area contributed by atoms with Gasteiger partial charge in [-0.2, -0.15) is 0 Å². The lowest BCUT2D eigenvalue weighted by Crippen LogP contribution is -2.47. The van der Waals surface area contributed by atoms with Crippen molar-refractivity contribution in [2.75, 3.05) is 23.7 Å². The number of piperidine rings is 1. The Bertz CT molecular complexity index is 1710. The summed E-state index contributed by atoms with van der Waals surface area (Å²) in [6, 6.07) is 15.5. The van der Waals surface area contributed by atoms with Crippen LogP contribution in [0.4, 0.5) is 16.4 Å². The van der Waals surface area contributed by atoms with Gasteiger partial charge in [-0.1, -0.05) is 30.7 Å². The van der Waals surface area contributed by atoms with Gasteiger partial charge in [0, 0.05) is 53.9 Å². The number of nitrogens with zero attached hydrogens (tertiary/aromatic N) is 4. The highest BCUT2D eigenvalue weighted by Gasteiger charge is 2.28. The Balaban J connectivity index is 1.23. The van der Waals surface area contributed by atoms with Crippen LogP contribution < -0.4 is 15.4 Å². The Morgan fingerprint density at radius 3 is 2.56 bits per heavy atom. The zero-order chi connectivity index (χ0) is 31.6. The fourth-order valence-corrected chi connectivity index (χ4v) is 5.70. The van der Waals surface area contributed by atoms with Gasteiger partial charge in [0.25, 0.3) is 0 Å². The van der Waals surface area contributed by atoms with Gasteiger partial charge in [0.2, 0.25) is 17.7 Å². The van der Waals surface area contributed by atoms with E-state index in [0.29, 0.717) is 41.9 Å². The number of rotatable bonds is 7. The molecule has 1 saturated heterocycles. The molecular weight excluding hydrogens is 568 g/mol. The molecule has 3 heterocycles. The Morgan fingerprint density at radius 2 is 1.78 bits per heavy atom. The van der Waals surface area contributed by atoms with Crippen molar-refractivity contribution in [1.29, 1.82) is 0 Å². The summed E-state index contributed by atoms with van der Waals surface area (Å²) < 4.78 is 12.1. The number of hydrogen-bond acceptors (Lipinski definition) is 8. The third-order valence-electron chi connectivity index (χ3n) is 8.25. The summed E-state index contributed by atoms with van der Waals surface area (Å²) in [7, 11) is 0. The molecule has 1 aliphatic heterocycles. The molecule has 1 saturated carbocycles. The topological polar surface area (TPSA) is 119 Å². The first kappa shape index (κ1) is 30.3. The molecule has 2 amide bonds. The molecule has 2 N–H and O–H groups in total. The van der Waals surface area contributed by atoms with Gasteiger partial charge in [-0.05, 0) is 83.2 Å². The SMILES string of the molecule is Cc1ccc2c(NC(=O)C3CCC3)cccc2c1Oc1ncccc1-c1ccnc(NC2CCCN(C(=O)OC(C)(C)C)C2)n1. The number of hydrogen-bond donors (Lipinski definition) is 2. The first-order chi connectivity index (χ1) is 21.6. The van der Waals surface area contributed by atoms with Crippen LogP contribution in [0.15, 0.2) is 60.9 Å². The highest BCUT2D eigenvalue weighted by Crippen LogP contribution is 2.39. The van der Waals surface area contributed by atoms with E-state index in [-0.39, 0.29) is 24.0 Å². The monoisotopic (exact) mass is 608 g/mol. The molecule has 234 valence electrons. The fraction of sp³-hybridized carbons (Fsp3) is 0.400. The standard InChI is InChI=1S/C35H40N6O4/c1-22-15-16-25-26(12-6-14-28(25)39-31(42)23-9-5-10-23)30(22)44-32-27(13-7-18-36-32)29-17-19-37-33(40-29)38-24-11-8-20-41(21-24)34(43)45-35(2,3)4/h6-7,12-19,23-24H,5,8-11,20-21H2,1-4H3,(H,39,42)(H,37,38,40). The predicted octanol–water partition coefficient (Wildman–Crippen LogP) is 7.34. The average molecular weight is 609 g/mol. The minimum atomic E-state index is -0.545. The Kier molecular flexibility index (Phi) is 8.56. The third kappa shape index (κ3) is 7.00. The lowest BCUT2D eigenvalue weighted by Gasteiger charge is -2.34. The minimum absolute atomic E-state index is 0.0107. The van der Waals surface area contributed by atoms with Crippen LogP contribution in [0.5, 0.6) is 11.6 Å². The van der Waals surface area contributed by atoms with E-state index in [9.17, 15) is 9.59 Å². The molecule has 10 nitrogen and oxygen atoms in total. The second-order valence-electron chi connectivity index (χ2n) is 12.9. The lowest BCUT2D eigenvalue weighted by molar-refractivity contribution is -0.122. The number of ether oxygens (including phenoxy) is 2. The van der Waals surface area contributed by atoms with E-state index >= 15 is 0 Å². The molecule has 0 spiro atoms. The first-order valence-electron chi connectivity index (χ1n) is 15.7. The van der Waals surface area contributed by atoms with Crippen LogP contribution in [0.2, 0.25) is 0 Å². The Morgan fingerprint density at radius 1 is 0.933 bits per heavy atom. The fourth-order valence-electron chi connectivity index (χ4n) is 5.70. The van der Waals surface area contributed by atoms with Crippen LogP contribution in [-0.4, -0.2) is 56.6 Å². The molecular formula is C35H40N6O4. The number of aryl methyl sites for hydroxylation is 1. The predicted molar refractivity (Wildman–Crippen MR) is 174 cm³/mol. The number of fused-ring (bicyclic) bond motifs is 1. The molecule has 2 aromatic heterocycles. The number of likely N-dealkylation sites (tertiary alicyclic amines) is 1. The summed E-state index contributed by atoms with van der Waals surface area (Å²) in [5, 5.41) is 8.33. The summed E-state index contributed by atoms with van der Waals surface area (Å²) in [6.45, 7) is 8.77. The average Bonchev–Trinajstić information content (AvgIpc) is 2.97. The normalized spacial score (nSPS) is 17.0. The van der Waals surface area contributed by atoms with Gasteiger partial charge < -0.3 is 25.0 Å². The van der Waals surface area contributed by atoms with Crippen LogP contribution in [0.25, 0.3) is 22.0 Å². The minimum Gasteiger partial charge on any atom is -0.444 e. The number of aromatic nitrogens is 3. The van der Waals surface area contributed by atoms with Crippen molar-refractivity contribution in [1.82, 2.24) is 19.9 Å². The van der Waals surface area contributed by atoms with Crippen LogP contribution in [0.1, 0.15) is 58.4 Å². The quantitative estimate of drug-likeness (QED) is 0.224. The molecule has 1 atom stereocenters. The number of anilines is 2. The molecule has 0 radical (unpaired) electrons. The van der Waals surface area contributed by atoms with Crippen molar-refractivity contribution in [3.05, 3.63) is 66.5 Å². The van der Waals surface area contributed by atoms with E-state index in [1.807, 2.05) is 76.2 Å². The van der Waals surface area contributed by atoms with Gasteiger partial charge in [-0.15, -0.1) is 0 Å². The molecule has 2 aliphatic rings. The molecule has 2 aromatic carbocycles. The Labute approximate surface area is 263 Å². The number of carbonyl (C=O) groups excluding carboxylic acids is 2. The molecule has 1 aliphatic carbocycles. The molecule has 1 unspecified atom stereocenters. The molecule has 6 rings (SSSR count). The molecule has 2 fully saturated rings. The van der Waals surface area contributed by atoms with E-state index in [0.717, 1.165) is 54.1 Å². The highest BCUT2D eigenvalue weighted by molar-refractivity contribution is 6.05. The highest BCUT2D eigenvalue weighted by atomic mass is 16.6. The summed E-state index contributed by atoms with van der Waals surface area (Å²) in [5.41, 5.74) is 2.54. The first-order valence-corrected chi connectivity index (χ1v) is 15.7. The molecule has 4 aromatic rings. The number of nitrogens with one attached hydrogen (secondary N) is 2. The van der Waals surface area contributed by atoms with Gasteiger partial charge in [-0.25, -0.2) is 19.7 Å². The molecule has 10 heteroatoms. The van der Waals surface area contributed by atoms with E-state index in [2.05, 4.69) is 20.6 Å². The zero-order valence-corrected chi connectivity index (χ0v) is 26.3. The van der Waals surface area contributed by atoms with Gasteiger partial charge in [0.15, 0.2) is 0 Å². The van der Waals surface area contributed by atoms with Crippen molar-refractivity contribution >= 4 is 34.4 Å². The van der Waals surface area contributed by atoms with Crippen LogP contribution >= 0.6 is 0 Å². The van der Waals surface area contributed by atoms with Crippen molar-refractivity contribution in [2.24, 2.45) is 5.92 Å². The summed E-state index contributed by atoms with van der Waals surface area (Å²) in [5.74, 6) is 1.71. The molecule has 0 bridgehead atoms. The maximum Gasteiger partial charge on any atom is 0.410 e. The van der Waals surface area contributed by atoms with E-state index in [1.165, 1.54) is 0 Å². The van der Waals surface area contributed by atoms with Gasteiger partial charge >= 0.3 is 6.09 Å². The molecule has 45 heavy (non-hydrogen) atoms. The van der Waals surface area contributed by atoms with E-state index < -0.39 is 5.60 Å². The van der Waals surface area contributed by atoms with Crippen LogP contribution in [0.3, 0.4) is 0 Å². The summed E-state index contributed by atoms with van der Waals surface area (Å²) in [6.07, 6.45) is 7.82. The largest absolute Gasteiger partial charge is 0.444 e. The summed E-state index contributed by atoms with van der Waals surface area (Å²) in [4.78, 5) is 41.0. The van der Waals surface area contributed by atoms with Crippen LogP contribution in [-0.2, 0) is 9.53 Å². The number of pyridine rings is 1. The summed E-state index contributed by atoms with van der Waals surface area (Å²) >= 11 is 0. The lowest BCUT2D eigenvalue weighted by atomic mass is 9.85. The van der Waals surface area contributed by atoms with Crippen molar-refractivity contribution in [3.63, 3.8) is 0 Å². The van der Waals surface area contributed by atoms with Crippen molar-refractivity contribution < 1.29 is 19.1 Å². The number of benzene rings is 2. The van der Waals surface area contributed by atoms with E-state index in [1.54, 1.807) is 17.3 Å². The van der Waals surface area contributed by atoms with Gasteiger partial charge in [-0.3, -0.25) is 4.79 Å². The zero-order valence-electron chi connectivity index (χ0n) is 26.3. The Hall–Kier alpha value is -4.73. The third-order valence-corrected chi connectivity index (χ3v) is 8.25. The van der Waals surface area contributed by atoms with E-state index in [4.69, 9.17) is 14.5 Å². The second-order valence-corrected chi connectivity index (χ2v) is 12.9. The van der Waals surface area contributed by atoms with Gasteiger partial charge in [0.05, 0.1) is 11.3 Å².